The number of hydrogen-bond donors (Lipinski definition) is 5. The Morgan fingerprint density at radius 2 is 2.03 bits per heavy atom. The van der Waals surface area contributed by atoms with E-state index in [1.807, 2.05) is 13.0 Å². The topological polar surface area (TPSA) is 180 Å². The van der Waals surface area contributed by atoms with Gasteiger partial charge >= 0.3 is 5.97 Å². The molecule has 4 atom stereocenters. The largest absolute Gasteiger partial charge is 0.480 e. The van der Waals surface area contributed by atoms with Gasteiger partial charge in [0.05, 0.1) is 5.69 Å². The zero-order chi connectivity index (χ0) is 25.8. The SMILES string of the molecule is CC1CNc2c(cccc2S(=O)(=O)N[C@@H](CCCN=C(N)N)C(=O)N2CC[C@H](C)C[C@@H]2C(=O)O)C1. The number of nitrogens with zero attached hydrogens (tertiary/aromatic N) is 2. The van der Waals surface area contributed by atoms with E-state index in [0.717, 1.165) is 12.0 Å². The van der Waals surface area contributed by atoms with Gasteiger partial charge in [-0.2, -0.15) is 4.72 Å². The van der Waals surface area contributed by atoms with Crippen LogP contribution in [0.3, 0.4) is 0 Å². The number of carboxylic acid groups (broad SMARTS) is 1. The van der Waals surface area contributed by atoms with Gasteiger partial charge in [0.25, 0.3) is 0 Å². The second-order valence-electron chi connectivity index (χ2n) is 9.62. The Labute approximate surface area is 206 Å². The molecule has 0 radical (unpaired) electrons. The zero-order valence-corrected chi connectivity index (χ0v) is 21.1. The number of benzene rings is 1. The number of sulfonamides is 1. The molecule has 194 valence electrons. The molecule has 0 spiro atoms. The van der Waals surface area contributed by atoms with Crippen molar-refractivity contribution < 1.29 is 23.1 Å². The lowest BCUT2D eigenvalue weighted by Gasteiger charge is -2.38. The normalized spacial score (nSPS) is 23.0. The summed E-state index contributed by atoms with van der Waals surface area (Å²) in [7, 11) is -4.10. The average molecular weight is 509 g/mol. The van der Waals surface area contributed by atoms with Gasteiger partial charge in [0, 0.05) is 19.6 Å². The lowest BCUT2D eigenvalue weighted by atomic mass is 9.91. The molecule has 0 aliphatic carbocycles. The number of hydrogen-bond acceptors (Lipinski definition) is 6. The maximum absolute atomic E-state index is 13.5. The van der Waals surface area contributed by atoms with Gasteiger partial charge < -0.3 is 26.8 Å². The maximum atomic E-state index is 13.5. The van der Waals surface area contributed by atoms with Gasteiger partial charge in [-0.25, -0.2) is 13.2 Å². The predicted molar refractivity (Wildman–Crippen MR) is 133 cm³/mol. The second kappa shape index (κ2) is 11.3. The molecule has 1 saturated heterocycles. The van der Waals surface area contributed by atoms with E-state index in [4.69, 9.17) is 11.5 Å². The number of carbonyl (C=O) groups is 2. The fourth-order valence-electron chi connectivity index (χ4n) is 4.72. The minimum atomic E-state index is -4.10. The molecule has 3 rings (SSSR count). The Morgan fingerprint density at radius 3 is 2.71 bits per heavy atom. The molecule has 0 saturated carbocycles. The van der Waals surface area contributed by atoms with Crippen molar-refractivity contribution >= 4 is 33.5 Å². The molecule has 2 aliphatic rings. The van der Waals surface area contributed by atoms with E-state index in [9.17, 15) is 23.1 Å². The highest BCUT2D eigenvalue weighted by atomic mass is 32.2. The van der Waals surface area contributed by atoms with Gasteiger partial charge in [-0.1, -0.05) is 26.0 Å². The standard InChI is InChI=1S/C23H36N6O5S/c1-14-8-10-29(18(12-14)22(31)32)21(30)17(6-4-9-26-23(24)25)28-35(33,34)19-7-3-5-16-11-15(2)13-27-20(16)19/h3,5,7,14-15,17-18,27-28H,4,6,8-13H2,1-2H3,(H,31,32)(H4,24,25,26)/t14-,15?,17-,18+/m0/s1. The average Bonchev–Trinajstić information content (AvgIpc) is 2.79. The molecule has 1 amide bonds. The fourth-order valence-corrected chi connectivity index (χ4v) is 6.17. The van der Waals surface area contributed by atoms with Crippen LogP contribution in [0.25, 0.3) is 0 Å². The number of fused-ring (bicyclic) bond motifs is 1. The minimum Gasteiger partial charge on any atom is -0.480 e. The summed E-state index contributed by atoms with van der Waals surface area (Å²) in [4.78, 5) is 30.7. The molecular weight excluding hydrogens is 472 g/mol. The summed E-state index contributed by atoms with van der Waals surface area (Å²) in [5.74, 6) is -1.22. The first-order valence-corrected chi connectivity index (χ1v) is 13.4. The molecule has 1 fully saturated rings. The number of aliphatic imine (C=N–C) groups is 1. The van der Waals surface area contributed by atoms with Crippen LogP contribution in [0.1, 0.15) is 45.1 Å². The van der Waals surface area contributed by atoms with E-state index >= 15 is 0 Å². The van der Waals surface area contributed by atoms with Crippen LogP contribution in [0.4, 0.5) is 5.69 Å². The number of aliphatic carboxylic acids is 1. The molecule has 7 N–H and O–H groups in total. The summed E-state index contributed by atoms with van der Waals surface area (Å²) in [6.45, 7) is 5.14. The number of piperidine rings is 1. The highest BCUT2D eigenvalue weighted by molar-refractivity contribution is 7.89. The Balaban J connectivity index is 1.88. The molecule has 11 nitrogen and oxygen atoms in total. The monoisotopic (exact) mass is 508 g/mol. The third kappa shape index (κ3) is 6.63. The van der Waals surface area contributed by atoms with Crippen LogP contribution in [0, 0.1) is 11.8 Å². The number of para-hydroxylation sites is 1. The number of nitrogens with two attached hydrogens (primary N) is 2. The quantitative estimate of drug-likeness (QED) is 0.184. The van der Waals surface area contributed by atoms with Crippen LogP contribution in [-0.4, -0.2) is 68.0 Å². The Morgan fingerprint density at radius 1 is 1.29 bits per heavy atom. The fraction of sp³-hybridized carbons (Fsp3) is 0.609. The van der Waals surface area contributed by atoms with Crippen LogP contribution in [0.5, 0.6) is 0 Å². The van der Waals surface area contributed by atoms with E-state index in [1.165, 1.54) is 11.0 Å². The number of carboxylic acids is 1. The van der Waals surface area contributed by atoms with Gasteiger partial charge in [-0.05, 0) is 55.6 Å². The van der Waals surface area contributed by atoms with Crippen LogP contribution < -0.4 is 21.5 Å². The number of nitrogens with one attached hydrogen (secondary N) is 2. The number of anilines is 1. The summed E-state index contributed by atoms with van der Waals surface area (Å²) in [5, 5.41) is 12.9. The second-order valence-corrected chi connectivity index (χ2v) is 11.3. The lowest BCUT2D eigenvalue weighted by Crippen LogP contribution is -2.56. The van der Waals surface area contributed by atoms with Crippen molar-refractivity contribution in [2.75, 3.05) is 25.0 Å². The van der Waals surface area contributed by atoms with Gasteiger partial charge in [-0.15, -0.1) is 0 Å². The number of rotatable bonds is 9. The molecule has 1 aromatic carbocycles. The molecule has 0 bridgehead atoms. The molecular formula is C23H36N6O5S. The number of guanidine groups is 1. The summed E-state index contributed by atoms with van der Waals surface area (Å²) in [5.41, 5.74) is 12.2. The summed E-state index contributed by atoms with van der Waals surface area (Å²) in [6.07, 6.45) is 2.17. The third-order valence-corrected chi connectivity index (χ3v) is 8.09. The predicted octanol–water partition coefficient (Wildman–Crippen LogP) is 0.703. The molecule has 2 aliphatic heterocycles. The molecule has 2 heterocycles. The molecule has 1 aromatic rings. The van der Waals surface area contributed by atoms with Crippen molar-refractivity contribution in [3.63, 3.8) is 0 Å². The highest BCUT2D eigenvalue weighted by Gasteiger charge is 2.39. The zero-order valence-electron chi connectivity index (χ0n) is 20.2. The first-order valence-electron chi connectivity index (χ1n) is 12.0. The van der Waals surface area contributed by atoms with Crippen molar-refractivity contribution in [2.24, 2.45) is 28.3 Å². The number of carbonyl (C=O) groups excluding carboxylic acids is 1. The molecule has 0 aromatic heterocycles. The van der Waals surface area contributed by atoms with Crippen molar-refractivity contribution in [2.45, 2.75) is 62.9 Å². The van der Waals surface area contributed by atoms with Crippen molar-refractivity contribution in [3.05, 3.63) is 23.8 Å². The Hall–Kier alpha value is -2.86. The molecule has 12 heteroatoms. The van der Waals surface area contributed by atoms with E-state index in [1.54, 1.807) is 6.07 Å². The van der Waals surface area contributed by atoms with Crippen molar-refractivity contribution in [1.29, 1.82) is 0 Å². The van der Waals surface area contributed by atoms with Crippen LogP contribution >= 0.6 is 0 Å². The summed E-state index contributed by atoms with van der Waals surface area (Å²) < 4.78 is 29.5. The maximum Gasteiger partial charge on any atom is 0.326 e. The first-order chi connectivity index (χ1) is 16.5. The smallest absolute Gasteiger partial charge is 0.326 e. The van der Waals surface area contributed by atoms with E-state index in [0.29, 0.717) is 37.4 Å². The number of likely N-dealkylation sites (tertiary alicyclic amines) is 1. The van der Waals surface area contributed by atoms with Gasteiger partial charge in [0.15, 0.2) is 5.96 Å². The first kappa shape index (κ1) is 26.7. The van der Waals surface area contributed by atoms with Crippen LogP contribution in [-0.2, 0) is 26.0 Å². The Kier molecular flexibility index (Phi) is 8.60. The third-order valence-electron chi connectivity index (χ3n) is 6.57. The van der Waals surface area contributed by atoms with Gasteiger partial charge in [-0.3, -0.25) is 9.79 Å². The van der Waals surface area contributed by atoms with Crippen LogP contribution in [0.15, 0.2) is 28.1 Å². The van der Waals surface area contributed by atoms with Gasteiger partial charge in [0.2, 0.25) is 15.9 Å². The van der Waals surface area contributed by atoms with E-state index < -0.39 is 34.0 Å². The molecule has 1 unspecified atom stereocenters. The van der Waals surface area contributed by atoms with E-state index in [2.05, 4.69) is 22.0 Å². The summed E-state index contributed by atoms with van der Waals surface area (Å²) >= 11 is 0. The minimum absolute atomic E-state index is 0.0750. The van der Waals surface area contributed by atoms with E-state index in [-0.39, 0.29) is 36.3 Å². The van der Waals surface area contributed by atoms with Crippen molar-refractivity contribution in [1.82, 2.24) is 9.62 Å². The number of amides is 1. The lowest BCUT2D eigenvalue weighted by molar-refractivity contribution is -0.153. The summed E-state index contributed by atoms with van der Waals surface area (Å²) in [6, 6.07) is 2.94. The van der Waals surface area contributed by atoms with Gasteiger partial charge in [0.1, 0.15) is 17.0 Å². The van der Waals surface area contributed by atoms with Crippen LogP contribution in [0.2, 0.25) is 0 Å². The molecule has 35 heavy (non-hydrogen) atoms. The van der Waals surface area contributed by atoms with Crippen molar-refractivity contribution in [3.8, 4) is 0 Å². The highest BCUT2D eigenvalue weighted by Crippen LogP contribution is 2.31. The Bertz CT molecular complexity index is 1070.